The summed E-state index contributed by atoms with van der Waals surface area (Å²) in [6.07, 6.45) is 9.54. The minimum Gasteiger partial charge on any atom is -0.307 e. The van der Waals surface area contributed by atoms with Crippen molar-refractivity contribution in [3.8, 4) is 0 Å². The molecule has 1 nitrogen and oxygen atoms in total. The molecule has 106 valence electrons. The Kier molecular flexibility index (Phi) is 4.26. The van der Waals surface area contributed by atoms with Gasteiger partial charge in [-0.3, -0.25) is 0 Å². The van der Waals surface area contributed by atoms with E-state index in [1.54, 1.807) is 10.4 Å². The fourth-order valence-corrected chi connectivity index (χ4v) is 5.86. The van der Waals surface area contributed by atoms with Gasteiger partial charge in [0.05, 0.1) is 2.88 Å². The molecule has 1 fully saturated rings. The van der Waals surface area contributed by atoms with E-state index in [4.69, 9.17) is 0 Å². The van der Waals surface area contributed by atoms with Crippen LogP contribution in [0, 0.1) is 8.30 Å². The van der Waals surface area contributed by atoms with E-state index in [0.29, 0.717) is 17.5 Å². The lowest BCUT2D eigenvalue weighted by Crippen LogP contribution is -2.46. The van der Waals surface area contributed by atoms with Crippen LogP contribution in [0.4, 0.5) is 0 Å². The normalized spacial score (nSPS) is 30.1. The molecule has 2 aliphatic carbocycles. The number of thiophene rings is 1. The van der Waals surface area contributed by atoms with Crippen LogP contribution in [0.1, 0.15) is 68.9 Å². The van der Waals surface area contributed by atoms with Gasteiger partial charge < -0.3 is 5.32 Å². The van der Waals surface area contributed by atoms with Gasteiger partial charge in [0.2, 0.25) is 0 Å². The average molecular weight is 389 g/mol. The molecule has 19 heavy (non-hydrogen) atoms. The van der Waals surface area contributed by atoms with Crippen LogP contribution < -0.4 is 5.32 Å². The SMILES string of the molecule is CC1(C)CCCCC1NC1CCCc2sc(I)cc21. The molecule has 0 radical (unpaired) electrons. The minimum absolute atomic E-state index is 0.471. The van der Waals surface area contributed by atoms with Crippen molar-refractivity contribution in [1.82, 2.24) is 5.32 Å². The number of hydrogen-bond acceptors (Lipinski definition) is 2. The number of hydrogen-bond donors (Lipinski definition) is 1. The third-order valence-corrected chi connectivity index (χ3v) is 6.96. The van der Waals surface area contributed by atoms with Gasteiger partial charge in [0.25, 0.3) is 0 Å². The highest BCUT2D eigenvalue weighted by atomic mass is 127. The van der Waals surface area contributed by atoms with Crippen molar-refractivity contribution in [3.05, 3.63) is 19.4 Å². The molecule has 3 heteroatoms. The average Bonchev–Trinajstić information content (AvgIpc) is 2.73. The second kappa shape index (κ2) is 5.64. The van der Waals surface area contributed by atoms with Gasteiger partial charge in [-0.1, -0.05) is 26.7 Å². The lowest BCUT2D eigenvalue weighted by atomic mass is 9.72. The third kappa shape index (κ3) is 3.03. The van der Waals surface area contributed by atoms with Crippen molar-refractivity contribution in [2.24, 2.45) is 5.41 Å². The predicted molar refractivity (Wildman–Crippen MR) is 91.9 cm³/mol. The third-order valence-electron chi connectivity index (χ3n) is 4.99. The summed E-state index contributed by atoms with van der Waals surface area (Å²) in [4.78, 5) is 1.64. The first-order chi connectivity index (χ1) is 9.06. The summed E-state index contributed by atoms with van der Waals surface area (Å²) in [5.74, 6) is 0. The molecule has 2 atom stereocenters. The number of aryl methyl sites for hydroxylation is 1. The molecule has 2 aliphatic rings. The Bertz CT molecular complexity index is 452. The Morgan fingerprint density at radius 1 is 1.26 bits per heavy atom. The molecule has 3 rings (SSSR count). The van der Waals surface area contributed by atoms with Gasteiger partial charge in [0.15, 0.2) is 0 Å². The first-order valence-electron chi connectivity index (χ1n) is 7.60. The Morgan fingerprint density at radius 3 is 2.89 bits per heavy atom. The summed E-state index contributed by atoms with van der Waals surface area (Å²) in [7, 11) is 0. The van der Waals surface area contributed by atoms with Crippen LogP contribution in [0.15, 0.2) is 6.07 Å². The maximum atomic E-state index is 4.02. The van der Waals surface area contributed by atoms with Crippen LogP contribution in [0.5, 0.6) is 0 Å². The number of nitrogens with one attached hydrogen (secondary N) is 1. The maximum Gasteiger partial charge on any atom is 0.0659 e. The van der Waals surface area contributed by atoms with E-state index in [9.17, 15) is 0 Å². The highest BCUT2D eigenvalue weighted by molar-refractivity contribution is 14.1. The number of rotatable bonds is 2. The van der Waals surface area contributed by atoms with E-state index in [0.717, 1.165) is 0 Å². The predicted octanol–water partition coefficient (Wildman–Crippen LogP) is 5.29. The quantitative estimate of drug-likeness (QED) is 0.678. The lowest BCUT2D eigenvalue weighted by molar-refractivity contribution is 0.151. The highest BCUT2D eigenvalue weighted by Crippen LogP contribution is 2.40. The van der Waals surface area contributed by atoms with Gasteiger partial charge in [-0.05, 0) is 71.7 Å². The second-order valence-corrected chi connectivity index (χ2v) is 9.86. The first-order valence-corrected chi connectivity index (χ1v) is 9.50. The van der Waals surface area contributed by atoms with Gasteiger partial charge in [-0.15, -0.1) is 11.3 Å². The van der Waals surface area contributed by atoms with Gasteiger partial charge in [0.1, 0.15) is 0 Å². The van der Waals surface area contributed by atoms with E-state index >= 15 is 0 Å². The Morgan fingerprint density at radius 2 is 2.11 bits per heavy atom. The van der Waals surface area contributed by atoms with Crippen LogP contribution in [0.2, 0.25) is 0 Å². The molecule has 0 aromatic carbocycles. The van der Waals surface area contributed by atoms with E-state index in [2.05, 4.69) is 47.8 Å². The number of fused-ring (bicyclic) bond motifs is 1. The standard InChI is InChI=1S/C16H24INS/c1-16(2)9-4-3-8-14(16)18-12-6-5-7-13-11(12)10-15(17)19-13/h10,12,14,18H,3-9H2,1-2H3. The monoisotopic (exact) mass is 389 g/mol. The smallest absolute Gasteiger partial charge is 0.0659 e. The highest BCUT2D eigenvalue weighted by Gasteiger charge is 2.34. The summed E-state index contributed by atoms with van der Waals surface area (Å²) in [6.45, 7) is 4.90. The molecular formula is C16H24INS. The van der Waals surface area contributed by atoms with Crippen LogP contribution in [-0.2, 0) is 6.42 Å². The van der Waals surface area contributed by atoms with Gasteiger partial charge >= 0.3 is 0 Å². The molecule has 1 N–H and O–H groups in total. The van der Waals surface area contributed by atoms with Crippen LogP contribution in [-0.4, -0.2) is 6.04 Å². The van der Waals surface area contributed by atoms with Crippen LogP contribution >= 0.6 is 33.9 Å². The fourth-order valence-electron chi connectivity index (χ4n) is 3.74. The summed E-state index contributed by atoms with van der Waals surface area (Å²) >= 11 is 4.48. The maximum absolute atomic E-state index is 4.02. The molecule has 1 aromatic rings. The number of halogens is 1. The zero-order valence-corrected chi connectivity index (χ0v) is 14.9. The Balaban J connectivity index is 1.77. The molecule has 0 bridgehead atoms. The van der Waals surface area contributed by atoms with E-state index in [1.165, 1.54) is 47.8 Å². The lowest BCUT2D eigenvalue weighted by Gasteiger charge is -2.42. The molecule has 1 aromatic heterocycles. The molecule has 0 amide bonds. The summed E-state index contributed by atoms with van der Waals surface area (Å²) in [5.41, 5.74) is 2.08. The van der Waals surface area contributed by atoms with E-state index < -0.39 is 0 Å². The van der Waals surface area contributed by atoms with Gasteiger partial charge in [-0.25, -0.2) is 0 Å². The molecule has 0 aliphatic heterocycles. The zero-order chi connectivity index (χ0) is 13.5. The van der Waals surface area contributed by atoms with Crippen molar-refractivity contribution < 1.29 is 0 Å². The Hall–Kier alpha value is 0.390. The largest absolute Gasteiger partial charge is 0.307 e. The second-order valence-electron chi connectivity index (χ2n) is 6.83. The molecule has 0 saturated heterocycles. The van der Waals surface area contributed by atoms with Crippen molar-refractivity contribution in [3.63, 3.8) is 0 Å². The van der Waals surface area contributed by atoms with Crippen molar-refractivity contribution in [1.29, 1.82) is 0 Å². The summed E-state index contributed by atoms with van der Waals surface area (Å²) in [6, 6.07) is 3.74. The minimum atomic E-state index is 0.471. The van der Waals surface area contributed by atoms with E-state index in [1.807, 2.05) is 11.3 Å². The van der Waals surface area contributed by atoms with E-state index in [-0.39, 0.29) is 0 Å². The molecule has 1 saturated carbocycles. The van der Waals surface area contributed by atoms with Crippen molar-refractivity contribution in [2.45, 2.75) is 70.9 Å². The van der Waals surface area contributed by atoms with Crippen LogP contribution in [0.25, 0.3) is 0 Å². The topological polar surface area (TPSA) is 12.0 Å². The first kappa shape index (κ1) is 14.3. The Labute approximate surface area is 134 Å². The molecule has 1 heterocycles. The van der Waals surface area contributed by atoms with Gasteiger partial charge in [-0.2, -0.15) is 0 Å². The van der Waals surface area contributed by atoms with Crippen molar-refractivity contribution in [2.75, 3.05) is 0 Å². The zero-order valence-electron chi connectivity index (χ0n) is 12.0. The fraction of sp³-hybridized carbons (Fsp3) is 0.750. The summed E-state index contributed by atoms with van der Waals surface area (Å²) < 4.78 is 1.46. The molecular weight excluding hydrogens is 365 g/mol. The van der Waals surface area contributed by atoms with Gasteiger partial charge in [0, 0.05) is 17.0 Å². The van der Waals surface area contributed by atoms with Crippen molar-refractivity contribution >= 4 is 33.9 Å². The molecule has 2 unspecified atom stereocenters. The van der Waals surface area contributed by atoms with Crippen LogP contribution in [0.3, 0.4) is 0 Å². The summed E-state index contributed by atoms with van der Waals surface area (Å²) in [5, 5.41) is 4.02. The molecule has 0 spiro atoms.